The number of hydrogen-bond acceptors (Lipinski definition) is 6. The molecule has 0 aromatic heterocycles. The molecule has 0 spiro atoms. The number of alkyl halides is 2. The molecule has 1 unspecified atom stereocenters. The van der Waals surface area contributed by atoms with E-state index < -0.39 is 6.61 Å². The van der Waals surface area contributed by atoms with E-state index in [2.05, 4.69) is 10.1 Å². The van der Waals surface area contributed by atoms with Gasteiger partial charge in [0.25, 0.3) is 5.91 Å². The summed E-state index contributed by atoms with van der Waals surface area (Å²) in [7, 11) is 0. The normalized spacial score (nSPS) is 20.4. The van der Waals surface area contributed by atoms with Crippen LogP contribution in [-0.4, -0.2) is 53.4 Å². The Hall–Kier alpha value is -2.04. The zero-order valence-corrected chi connectivity index (χ0v) is 17.8. The molecular weight excluding hydrogens is 434 g/mol. The number of nitrogens with zero attached hydrogens (tertiary/aromatic N) is 1. The van der Waals surface area contributed by atoms with Crippen molar-refractivity contribution in [2.75, 3.05) is 19.7 Å². The van der Waals surface area contributed by atoms with Gasteiger partial charge in [0.2, 0.25) is 5.91 Å². The molecule has 2 fully saturated rings. The molecular formula is C20H22F2N2O4S2. The third kappa shape index (κ3) is 6.23. The van der Waals surface area contributed by atoms with Crippen molar-refractivity contribution < 1.29 is 27.8 Å². The van der Waals surface area contributed by atoms with Crippen LogP contribution in [0.25, 0.3) is 6.08 Å². The highest BCUT2D eigenvalue weighted by atomic mass is 32.2. The monoisotopic (exact) mass is 456 g/mol. The van der Waals surface area contributed by atoms with Crippen molar-refractivity contribution in [1.29, 1.82) is 0 Å². The molecule has 0 aliphatic carbocycles. The number of thioether (sulfide) groups is 1. The molecule has 162 valence electrons. The van der Waals surface area contributed by atoms with Crippen LogP contribution in [0.5, 0.6) is 5.75 Å². The molecule has 1 N–H and O–H groups in total. The molecule has 10 heteroatoms. The molecule has 2 heterocycles. The Morgan fingerprint density at radius 1 is 1.43 bits per heavy atom. The summed E-state index contributed by atoms with van der Waals surface area (Å²) >= 11 is 6.37. The summed E-state index contributed by atoms with van der Waals surface area (Å²) < 4.78 is 35.5. The summed E-state index contributed by atoms with van der Waals surface area (Å²) in [6, 6.07) is 6.24. The summed E-state index contributed by atoms with van der Waals surface area (Å²) in [6.07, 6.45) is 4.28. The van der Waals surface area contributed by atoms with Gasteiger partial charge >= 0.3 is 6.61 Å². The standard InChI is InChI=1S/C20H22F2N2O4S2/c21-19(22)28-15-7-2-1-5-13(15)11-16-18(26)24(20(29)30-16)9-3-8-17(25)23-12-14-6-4-10-27-14/h1-2,5,7,11,14,19H,3-4,6,8-10,12H2,(H,23,25)/b16-11+. The molecule has 30 heavy (non-hydrogen) atoms. The van der Waals surface area contributed by atoms with Gasteiger partial charge in [-0.25, -0.2) is 0 Å². The van der Waals surface area contributed by atoms with E-state index in [1.807, 2.05) is 0 Å². The molecule has 2 aliphatic rings. The summed E-state index contributed by atoms with van der Waals surface area (Å²) in [4.78, 5) is 26.4. The maximum Gasteiger partial charge on any atom is 0.387 e. The molecule has 2 aliphatic heterocycles. The SMILES string of the molecule is O=C(CCCN1C(=O)/C(=C\c2ccccc2OC(F)F)SC1=S)NCC1CCCO1. The van der Waals surface area contributed by atoms with E-state index in [9.17, 15) is 18.4 Å². The van der Waals surface area contributed by atoms with Gasteiger partial charge in [0.15, 0.2) is 0 Å². The fourth-order valence-electron chi connectivity index (χ4n) is 3.16. The van der Waals surface area contributed by atoms with Crippen molar-refractivity contribution in [2.45, 2.75) is 38.4 Å². The lowest BCUT2D eigenvalue weighted by Crippen LogP contribution is -2.33. The first-order valence-corrected chi connectivity index (χ1v) is 10.8. The molecule has 2 saturated heterocycles. The summed E-state index contributed by atoms with van der Waals surface area (Å²) in [5, 5.41) is 2.84. The fraction of sp³-hybridized carbons (Fsp3) is 0.450. The second-order valence-electron chi connectivity index (χ2n) is 6.79. The quantitative estimate of drug-likeness (QED) is 0.453. The third-order valence-electron chi connectivity index (χ3n) is 4.63. The predicted octanol–water partition coefficient (Wildman–Crippen LogP) is 3.56. The number of carbonyl (C=O) groups excluding carboxylic acids is 2. The van der Waals surface area contributed by atoms with E-state index in [0.717, 1.165) is 31.2 Å². The first-order valence-electron chi connectivity index (χ1n) is 9.61. The number of nitrogens with one attached hydrogen (secondary N) is 1. The van der Waals surface area contributed by atoms with Crippen LogP contribution >= 0.6 is 24.0 Å². The third-order valence-corrected chi connectivity index (χ3v) is 6.01. The van der Waals surface area contributed by atoms with E-state index in [0.29, 0.717) is 34.3 Å². The van der Waals surface area contributed by atoms with E-state index >= 15 is 0 Å². The Labute approximate surface area is 183 Å². The Kier molecular flexibility index (Phi) is 8.17. The largest absolute Gasteiger partial charge is 0.434 e. The highest BCUT2D eigenvalue weighted by molar-refractivity contribution is 8.26. The lowest BCUT2D eigenvalue weighted by atomic mass is 10.2. The van der Waals surface area contributed by atoms with Crippen molar-refractivity contribution in [3.8, 4) is 5.75 Å². The van der Waals surface area contributed by atoms with Crippen LogP contribution in [-0.2, 0) is 14.3 Å². The van der Waals surface area contributed by atoms with Crippen LogP contribution in [0.1, 0.15) is 31.2 Å². The van der Waals surface area contributed by atoms with Gasteiger partial charge in [-0.3, -0.25) is 14.5 Å². The van der Waals surface area contributed by atoms with E-state index in [1.165, 1.54) is 17.0 Å². The molecule has 0 radical (unpaired) electrons. The van der Waals surface area contributed by atoms with Crippen LogP contribution in [0.2, 0.25) is 0 Å². The zero-order valence-electron chi connectivity index (χ0n) is 16.1. The van der Waals surface area contributed by atoms with Gasteiger partial charge in [-0.15, -0.1) is 0 Å². The van der Waals surface area contributed by atoms with Gasteiger partial charge in [-0.1, -0.05) is 42.2 Å². The van der Waals surface area contributed by atoms with Crippen molar-refractivity contribution in [3.05, 3.63) is 34.7 Å². The van der Waals surface area contributed by atoms with Crippen LogP contribution in [0.4, 0.5) is 8.78 Å². The molecule has 1 aromatic rings. The molecule has 3 rings (SSSR count). The Bertz CT molecular complexity index is 829. The number of hydrogen-bond donors (Lipinski definition) is 1. The summed E-state index contributed by atoms with van der Waals surface area (Å²) in [5.74, 6) is -0.415. The van der Waals surface area contributed by atoms with E-state index in [4.69, 9.17) is 17.0 Å². The Morgan fingerprint density at radius 2 is 2.23 bits per heavy atom. The number of benzene rings is 1. The van der Waals surface area contributed by atoms with E-state index in [-0.39, 0.29) is 30.1 Å². The number of carbonyl (C=O) groups is 2. The molecule has 0 bridgehead atoms. The number of rotatable bonds is 9. The smallest absolute Gasteiger partial charge is 0.387 e. The zero-order chi connectivity index (χ0) is 21.5. The van der Waals surface area contributed by atoms with Crippen LogP contribution in [0.3, 0.4) is 0 Å². The van der Waals surface area contributed by atoms with Crippen molar-refractivity contribution in [3.63, 3.8) is 0 Å². The Balaban J connectivity index is 1.52. The molecule has 1 aromatic carbocycles. The molecule has 0 saturated carbocycles. The van der Waals surface area contributed by atoms with Crippen LogP contribution in [0.15, 0.2) is 29.2 Å². The minimum atomic E-state index is -2.96. The summed E-state index contributed by atoms with van der Waals surface area (Å²) in [5.41, 5.74) is 0.367. The maximum atomic E-state index is 12.7. The van der Waals surface area contributed by atoms with Gasteiger partial charge in [0.1, 0.15) is 10.1 Å². The Morgan fingerprint density at radius 3 is 2.97 bits per heavy atom. The number of thiocarbonyl (C=S) groups is 1. The van der Waals surface area contributed by atoms with Crippen molar-refractivity contribution in [2.24, 2.45) is 0 Å². The van der Waals surface area contributed by atoms with Gasteiger partial charge in [-0.05, 0) is 31.4 Å². The van der Waals surface area contributed by atoms with Crippen molar-refractivity contribution >= 4 is 46.2 Å². The van der Waals surface area contributed by atoms with Crippen LogP contribution < -0.4 is 10.1 Å². The molecule has 1 atom stereocenters. The predicted molar refractivity (Wildman–Crippen MR) is 114 cm³/mol. The molecule has 6 nitrogen and oxygen atoms in total. The highest BCUT2D eigenvalue weighted by Gasteiger charge is 2.32. The minimum Gasteiger partial charge on any atom is -0.434 e. The second-order valence-corrected chi connectivity index (χ2v) is 8.47. The number of amides is 2. The summed E-state index contributed by atoms with van der Waals surface area (Å²) in [6.45, 7) is -1.41. The van der Waals surface area contributed by atoms with Gasteiger partial charge in [0.05, 0.1) is 11.0 Å². The van der Waals surface area contributed by atoms with Gasteiger partial charge in [0, 0.05) is 31.7 Å². The highest BCUT2D eigenvalue weighted by Crippen LogP contribution is 2.34. The second kappa shape index (κ2) is 10.8. The van der Waals surface area contributed by atoms with Crippen molar-refractivity contribution in [1.82, 2.24) is 10.2 Å². The first-order chi connectivity index (χ1) is 14.4. The lowest BCUT2D eigenvalue weighted by Gasteiger charge is -2.15. The number of halogens is 2. The van der Waals surface area contributed by atoms with Crippen LogP contribution in [0, 0.1) is 0 Å². The average Bonchev–Trinajstić information content (AvgIpc) is 3.31. The van der Waals surface area contributed by atoms with Gasteiger partial charge < -0.3 is 14.8 Å². The van der Waals surface area contributed by atoms with E-state index in [1.54, 1.807) is 18.2 Å². The molecule has 2 amide bonds. The average molecular weight is 457 g/mol. The number of ether oxygens (including phenoxy) is 2. The fourth-order valence-corrected chi connectivity index (χ4v) is 4.46. The topological polar surface area (TPSA) is 67.9 Å². The lowest BCUT2D eigenvalue weighted by molar-refractivity contribution is -0.124. The minimum absolute atomic E-state index is 0.0133. The number of para-hydroxylation sites is 1. The maximum absolute atomic E-state index is 12.7. The first kappa shape index (κ1) is 22.6. The van der Waals surface area contributed by atoms with Gasteiger partial charge in [-0.2, -0.15) is 8.78 Å².